The molecule has 7 heteroatoms. The number of pyridine rings is 1. The van der Waals surface area contributed by atoms with Crippen LogP contribution in [-0.2, 0) is 16.4 Å². The SMILES string of the molecule is NC(=S)c1cccc(NS(=O)(=O)CCc2ccccn2)c1. The van der Waals surface area contributed by atoms with Crippen LogP contribution < -0.4 is 10.5 Å². The van der Waals surface area contributed by atoms with E-state index in [-0.39, 0.29) is 10.7 Å². The smallest absolute Gasteiger partial charge is 0.233 e. The highest BCUT2D eigenvalue weighted by atomic mass is 32.2. The molecule has 0 bridgehead atoms. The van der Waals surface area contributed by atoms with Gasteiger partial charge in [0, 0.05) is 29.6 Å². The maximum atomic E-state index is 12.1. The highest BCUT2D eigenvalue weighted by Crippen LogP contribution is 2.13. The summed E-state index contributed by atoms with van der Waals surface area (Å²) in [6, 6.07) is 12.1. The number of rotatable bonds is 6. The van der Waals surface area contributed by atoms with Gasteiger partial charge in [0.05, 0.1) is 5.75 Å². The first-order valence-corrected chi connectivity index (χ1v) is 8.32. The van der Waals surface area contributed by atoms with Crippen molar-refractivity contribution in [2.75, 3.05) is 10.5 Å². The van der Waals surface area contributed by atoms with Crippen molar-refractivity contribution in [1.82, 2.24) is 4.98 Å². The fourth-order valence-corrected chi connectivity index (χ4v) is 2.94. The Balaban J connectivity index is 2.04. The number of nitrogens with one attached hydrogen (secondary N) is 1. The number of benzene rings is 1. The predicted octanol–water partition coefficient (Wildman–Crippen LogP) is 1.70. The normalized spacial score (nSPS) is 11.0. The van der Waals surface area contributed by atoms with E-state index in [1.165, 1.54) is 0 Å². The summed E-state index contributed by atoms with van der Waals surface area (Å²) in [5.41, 5.74) is 7.33. The number of hydrogen-bond donors (Lipinski definition) is 2. The van der Waals surface area contributed by atoms with Crippen molar-refractivity contribution in [3.8, 4) is 0 Å². The maximum Gasteiger partial charge on any atom is 0.233 e. The van der Waals surface area contributed by atoms with E-state index in [4.69, 9.17) is 18.0 Å². The first-order valence-electron chi connectivity index (χ1n) is 6.26. The van der Waals surface area contributed by atoms with Gasteiger partial charge in [0.15, 0.2) is 0 Å². The molecule has 1 aromatic carbocycles. The third kappa shape index (κ3) is 4.80. The van der Waals surface area contributed by atoms with E-state index in [2.05, 4.69) is 9.71 Å². The lowest BCUT2D eigenvalue weighted by atomic mass is 10.2. The summed E-state index contributed by atoms with van der Waals surface area (Å²) in [4.78, 5) is 4.33. The van der Waals surface area contributed by atoms with Crippen LogP contribution in [0.2, 0.25) is 0 Å². The molecule has 2 rings (SSSR count). The lowest BCUT2D eigenvalue weighted by Crippen LogP contribution is -2.19. The van der Waals surface area contributed by atoms with Crippen LogP contribution in [0.25, 0.3) is 0 Å². The Kier molecular flexibility index (Phi) is 4.87. The fourth-order valence-electron chi connectivity index (χ4n) is 1.75. The van der Waals surface area contributed by atoms with Crippen molar-refractivity contribution in [3.63, 3.8) is 0 Å². The molecule has 0 atom stereocenters. The van der Waals surface area contributed by atoms with Gasteiger partial charge in [0.2, 0.25) is 10.0 Å². The molecule has 1 heterocycles. The quantitative estimate of drug-likeness (QED) is 0.791. The molecule has 0 aliphatic carbocycles. The van der Waals surface area contributed by atoms with Gasteiger partial charge in [0.25, 0.3) is 0 Å². The Labute approximate surface area is 129 Å². The molecule has 21 heavy (non-hydrogen) atoms. The minimum atomic E-state index is -3.45. The van der Waals surface area contributed by atoms with Crippen LogP contribution in [0.4, 0.5) is 5.69 Å². The second-order valence-electron chi connectivity index (χ2n) is 4.44. The van der Waals surface area contributed by atoms with Gasteiger partial charge in [0.1, 0.15) is 4.99 Å². The molecule has 3 N–H and O–H groups in total. The molecular weight excluding hydrogens is 306 g/mol. The number of aromatic nitrogens is 1. The van der Waals surface area contributed by atoms with Crippen LogP contribution in [0, 0.1) is 0 Å². The summed E-state index contributed by atoms with van der Waals surface area (Å²) in [6.07, 6.45) is 1.99. The van der Waals surface area contributed by atoms with E-state index in [9.17, 15) is 8.42 Å². The largest absolute Gasteiger partial charge is 0.389 e. The van der Waals surface area contributed by atoms with Crippen molar-refractivity contribution >= 4 is 32.9 Å². The van der Waals surface area contributed by atoms with Crippen molar-refractivity contribution in [1.29, 1.82) is 0 Å². The number of aryl methyl sites for hydroxylation is 1. The van der Waals surface area contributed by atoms with Gasteiger partial charge >= 0.3 is 0 Å². The van der Waals surface area contributed by atoms with Crippen molar-refractivity contribution in [3.05, 3.63) is 59.9 Å². The average Bonchev–Trinajstić information content (AvgIpc) is 2.46. The molecular formula is C14H15N3O2S2. The summed E-state index contributed by atoms with van der Waals surface area (Å²) in [7, 11) is -3.45. The molecule has 0 saturated heterocycles. The Morgan fingerprint density at radius 1 is 1.24 bits per heavy atom. The number of anilines is 1. The lowest BCUT2D eigenvalue weighted by molar-refractivity contribution is 0.600. The second kappa shape index (κ2) is 6.64. The topological polar surface area (TPSA) is 85.1 Å². The minimum Gasteiger partial charge on any atom is -0.389 e. The zero-order chi connectivity index (χ0) is 15.3. The van der Waals surface area contributed by atoms with Gasteiger partial charge < -0.3 is 5.73 Å². The van der Waals surface area contributed by atoms with Gasteiger partial charge in [-0.2, -0.15) is 0 Å². The van der Waals surface area contributed by atoms with Gasteiger partial charge in [-0.15, -0.1) is 0 Å². The van der Waals surface area contributed by atoms with Crippen LogP contribution in [0.15, 0.2) is 48.7 Å². The van der Waals surface area contributed by atoms with Crippen LogP contribution in [0.1, 0.15) is 11.3 Å². The molecule has 0 saturated carbocycles. The summed E-state index contributed by atoms with van der Waals surface area (Å²) in [5.74, 6) is -0.0404. The molecule has 0 amide bonds. The lowest BCUT2D eigenvalue weighted by Gasteiger charge is -2.09. The van der Waals surface area contributed by atoms with Crippen LogP contribution >= 0.6 is 12.2 Å². The van der Waals surface area contributed by atoms with Gasteiger partial charge in [-0.3, -0.25) is 9.71 Å². The van der Waals surface area contributed by atoms with Gasteiger partial charge in [-0.25, -0.2) is 8.42 Å². The maximum absolute atomic E-state index is 12.1. The van der Waals surface area contributed by atoms with E-state index in [0.29, 0.717) is 17.7 Å². The highest BCUT2D eigenvalue weighted by molar-refractivity contribution is 7.92. The van der Waals surface area contributed by atoms with E-state index in [1.807, 2.05) is 6.07 Å². The first-order chi connectivity index (χ1) is 9.96. The average molecular weight is 321 g/mol. The van der Waals surface area contributed by atoms with Crippen LogP contribution in [0.5, 0.6) is 0 Å². The third-order valence-electron chi connectivity index (χ3n) is 2.77. The standard InChI is InChI=1S/C14H15N3O2S2/c15-14(20)11-4-3-6-13(10-11)17-21(18,19)9-7-12-5-1-2-8-16-12/h1-6,8,10,17H,7,9H2,(H2,15,20). The Hall–Kier alpha value is -1.99. The van der Waals surface area contributed by atoms with E-state index >= 15 is 0 Å². The third-order valence-corrected chi connectivity index (χ3v) is 4.30. The molecule has 0 aliphatic heterocycles. The Morgan fingerprint density at radius 2 is 2.05 bits per heavy atom. The van der Waals surface area contributed by atoms with E-state index < -0.39 is 10.0 Å². The van der Waals surface area contributed by atoms with Crippen molar-refractivity contribution < 1.29 is 8.42 Å². The van der Waals surface area contributed by atoms with Gasteiger partial charge in [-0.1, -0.05) is 30.4 Å². The van der Waals surface area contributed by atoms with Crippen molar-refractivity contribution in [2.24, 2.45) is 5.73 Å². The summed E-state index contributed by atoms with van der Waals surface area (Å²) in [5, 5.41) is 0. The number of thiocarbonyl (C=S) groups is 1. The minimum absolute atomic E-state index is 0.0404. The molecule has 0 aliphatic rings. The Bertz CT molecular complexity index is 731. The summed E-state index contributed by atoms with van der Waals surface area (Å²) < 4.78 is 26.6. The molecule has 0 fully saturated rings. The first kappa shape index (κ1) is 15.4. The molecule has 5 nitrogen and oxygen atoms in total. The number of nitrogens with two attached hydrogens (primary N) is 1. The van der Waals surface area contributed by atoms with Crippen LogP contribution in [-0.4, -0.2) is 24.1 Å². The van der Waals surface area contributed by atoms with Crippen molar-refractivity contribution in [2.45, 2.75) is 6.42 Å². The summed E-state index contributed by atoms with van der Waals surface area (Å²) >= 11 is 4.87. The molecule has 1 aromatic heterocycles. The number of hydrogen-bond acceptors (Lipinski definition) is 4. The second-order valence-corrected chi connectivity index (χ2v) is 6.72. The number of nitrogens with zero attached hydrogens (tertiary/aromatic N) is 1. The fraction of sp³-hybridized carbons (Fsp3) is 0.143. The molecule has 110 valence electrons. The van der Waals surface area contributed by atoms with Gasteiger partial charge in [-0.05, 0) is 24.3 Å². The zero-order valence-electron chi connectivity index (χ0n) is 11.2. The molecule has 0 radical (unpaired) electrons. The molecule has 0 unspecified atom stereocenters. The van der Waals surface area contributed by atoms with E-state index in [1.54, 1.807) is 42.6 Å². The number of sulfonamides is 1. The van der Waals surface area contributed by atoms with Crippen LogP contribution in [0.3, 0.4) is 0 Å². The molecule has 2 aromatic rings. The highest BCUT2D eigenvalue weighted by Gasteiger charge is 2.11. The predicted molar refractivity (Wildman–Crippen MR) is 87.7 cm³/mol. The summed E-state index contributed by atoms with van der Waals surface area (Å²) in [6.45, 7) is 0. The van der Waals surface area contributed by atoms with E-state index in [0.717, 1.165) is 5.69 Å². The molecule has 0 spiro atoms. The Morgan fingerprint density at radius 3 is 2.71 bits per heavy atom. The zero-order valence-corrected chi connectivity index (χ0v) is 12.8. The monoisotopic (exact) mass is 321 g/mol.